The standard InChI is InChI=1S/C24H34N4O5/c1-6-13-27(5)22(29)18-9-7-17(8-10-18)21-25-20(26-33-21)16-31-19-11-14-28(15-12-19)23(30)32-24(2,3)4/h7-10,19H,6,11-16H2,1-5H3. The van der Waals surface area contributed by atoms with Gasteiger partial charge in [-0.15, -0.1) is 0 Å². The lowest BCUT2D eigenvalue weighted by Gasteiger charge is -2.33. The van der Waals surface area contributed by atoms with Crippen LogP contribution in [-0.4, -0.2) is 70.3 Å². The van der Waals surface area contributed by atoms with Gasteiger partial charge in [0.15, 0.2) is 5.82 Å². The van der Waals surface area contributed by atoms with E-state index in [4.69, 9.17) is 14.0 Å². The van der Waals surface area contributed by atoms with Crippen molar-refractivity contribution in [1.82, 2.24) is 19.9 Å². The van der Waals surface area contributed by atoms with Gasteiger partial charge in [-0.1, -0.05) is 12.1 Å². The quantitative estimate of drug-likeness (QED) is 0.615. The third-order valence-corrected chi connectivity index (χ3v) is 5.29. The smallest absolute Gasteiger partial charge is 0.410 e. The lowest BCUT2D eigenvalue weighted by molar-refractivity contribution is -0.0190. The van der Waals surface area contributed by atoms with Crippen molar-refractivity contribution in [3.05, 3.63) is 35.7 Å². The number of ether oxygens (including phenoxy) is 2. The molecule has 0 saturated carbocycles. The van der Waals surface area contributed by atoms with Crippen LogP contribution in [0.2, 0.25) is 0 Å². The van der Waals surface area contributed by atoms with E-state index in [1.807, 2.05) is 27.7 Å². The normalized spacial score (nSPS) is 14.9. The Kier molecular flexibility index (Phi) is 8.07. The molecule has 1 aromatic carbocycles. The molecule has 2 amide bonds. The summed E-state index contributed by atoms with van der Waals surface area (Å²) in [5, 5.41) is 4.00. The number of hydrogen-bond donors (Lipinski definition) is 0. The Balaban J connectivity index is 1.48. The van der Waals surface area contributed by atoms with Gasteiger partial charge in [-0.3, -0.25) is 4.79 Å². The summed E-state index contributed by atoms with van der Waals surface area (Å²) in [5.41, 5.74) is 0.867. The van der Waals surface area contributed by atoms with Crippen molar-refractivity contribution in [3.8, 4) is 11.5 Å². The van der Waals surface area contributed by atoms with E-state index in [0.717, 1.165) is 24.8 Å². The van der Waals surface area contributed by atoms with E-state index in [1.54, 1.807) is 41.1 Å². The van der Waals surface area contributed by atoms with Gasteiger partial charge >= 0.3 is 6.09 Å². The molecule has 1 aliphatic rings. The van der Waals surface area contributed by atoms with Crippen LogP contribution < -0.4 is 0 Å². The second kappa shape index (κ2) is 10.8. The molecular formula is C24H34N4O5. The molecule has 1 saturated heterocycles. The van der Waals surface area contributed by atoms with Gasteiger partial charge in [0.2, 0.25) is 0 Å². The third kappa shape index (κ3) is 7.02. The van der Waals surface area contributed by atoms with E-state index in [-0.39, 0.29) is 24.7 Å². The number of nitrogens with zero attached hydrogens (tertiary/aromatic N) is 4. The zero-order valence-corrected chi connectivity index (χ0v) is 20.2. The first-order valence-electron chi connectivity index (χ1n) is 11.4. The molecule has 9 nitrogen and oxygen atoms in total. The van der Waals surface area contributed by atoms with Gasteiger partial charge < -0.3 is 23.8 Å². The van der Waals surface area contributed by atoms with Crippen LogP contribution in [0.4, 0.5) is 4.79 Å². The van der Waals surface area contributed by atoms with Crippen LogP contribution in [0, 0.1) is 0 Å². The summed E-state index contributed by atoms with van der Waals surface area (Å²) < 4.78 is 16.7. The molecule has 0 N–H and O–H groups in total. The maximum absolute atomic E-state index is 12.4. The predicted molar refractivity (Wildman–Crippen MR) is 123 cm³/mol. The first kappa shape index (κ1) is 24.7. The Labute approximate surface area is 195 Å². The average Bonchev–Trinajstić information content (AvgIpc) is 3.26. The van der Waals surface area contributed by atoms with E-state index in [2.05, 4.69) is 10.1 Å². The average molecular weight is 459 g/mol. The molecule has 0 bridgehead atoms. The molecule has 180 valence electrons. The van der Waals surface area contributed by atoms with Crippen molar-refractivity contribution in [2.24, 2.45) is 0 Å². The predicted octanol–water partition coefficient (Wildman–Crippen LogP) is 4.13. The molecule has 0 atom stereocenters. The van der Waals surface area contributed by atoms with Gasteiger partial charge in [-0.2, -0.15) is 4.98 Å². The number of aromatic nitrogens is 2. The van der Waals surface area contributed by atoms with Crippen LogP contribution >= 0.6 is 0 Å². The molecule has 2 heterocycles. The fourth-order valence-electron chi connectivity index (χ4n) is 3.57. The molecule has 9 heteroatoms. The van der Waals surface area contributed by atoms with Crippen molar-refractivity contribution < 1.29 is 23.6 Å². The Morgan fingerprint density at radius 2 is 1.85 bits per heavy atom. The summed E-state index contributed by atoms with van der Waals surface area (Å²) in [7, 11) is 1.80. The van der Waals surface area contributed by atoms with Gasteiger partial charge in [0, 0.05) is 37.8 Å². The SMILES string of the molecule is CCCN(C)C(=O)c1ccc(-c2nc(COC3CCN(C(=O)OC(C)(C)C)CC3)no2)cc1. The van der Waals surface area contributed by atoms with Crippen molar-refractivity contribution in [3.63, 3.8) is 0 Å². The molecule has 2 aromatic rings. The van der Waals surface area contributed by atoms with Crippen LogP contribution in [0.5, 0.6) is 0 Å². The highest BCUT2D eigenvalue weighted by Crippen LogP contribution is 2.21. The number of likely N-dealkylation sites (tertiary alicyclic amines) is 1. The Hall–Kier alpha value is -2.94. The number of hydrogen-bond acceptors (Lipinski definition) is 7. The van der Waals surface area contributed by atoms with Gasteiger partial charge in [0.05, 0.1) is 6.10 Å². The summed E-state index contributed by atoms with van der Waals surface area (Å²) in [6.07, 6.45) is 2.11. The summed E-state index contributed by atoms with van der Waals surface area (Å²) >= 11 is 0. The highest BCUT2D eigenvalue weighted by atomic mass is 16.6. The largest absolute Gasteiger partial charge is 0.444 e. The van der Waals surface area contributed by atoms with Crippen LogP contribution in [-0.2, 0) is 16.1 Å². The second-order valence-corrected chi connectivity index (χ2v) is 9.30. The van der Waals surface area contributed by atoms with E-state index in [1.165, 1.54) is 0 Å². The Bertz CT molecular complexity index is 927. The highest BCUT2D eigenvalue weighted by Gasteiger charge is 2.27. The van der Waals surface area contributed by atoms with Crippen molar-refractivity contribution in [1.29, 1.82) is 0 Å². The number of piperidine rings is 1. The number of carbonyl (C=O) groups is 2. The van der Waals surface area contributed by atoms with E-state index in [0.29, 0.717) is 36.9 Å². The summed E-state index contributed by atoms with van der Waals surface area (Å²) in [5.74, 6) is 0.831. The third-order valence-electron chi connectivity index (χ3n) is 5.29. The van der Waals surface area contributed by atoms with E-state index < -0.39 is 5.60 Å². The molecular weight excluding hydrogens is 424 g/mol. The zero-order valence-electron chi connectivity index (χ0n) is 20.2. The lowest BCUT2D eigenvalue weighted by Crippen LogP contribution is -2.43. The van der Waals surface area contributed by atoms with Crippen LogP contribution in [0.3, 0.4) is 0 Å². The maximum Gasteiger partial charge on any atom is 0.410 e. The summed E-state index contributed by atoms with van der Waals surface area (Å²) in [6, 6.07) is 7.14. The molecule has 0 unspecified atom stereocenters. The zero-order chi connectivity index (χ0) is 24.0. The minimum atomic E-state index is -0.498. The summed E-state index contributed by atoms with van der Waals surface area (Å²) in [4.78, 5) is 32.4. The maximum atomic E-state index is 12.4. The fourth-order valence-corrected chi connectivity index (χ4v) is 3.57. The molecule has 0 radical (unpaired) electrons. The minimum Gasteiger partial charge on any atom is -0.444 e. The van der Waals surface area contributed by atoms with Crippen LogP contribution in [0.1, 0.15) is 63.1 Å². The molecule has 33 heavy (non-hydrogen) atoms. The number of carbonyl (C=O) groups excluding carboxylic acids is 2. The number of rotatable bonds is 7. The first-order chi connectivity index (χ1) is 15.7. The molecule has 3 rings (SSSR count). The van der Waals surface area contributed by atoms with Gasteiger partial charge in [0.1, 0.15) is 12.2 Å². The topological polar surface area (TPSA) is 98.0 Å². The minimum absolute atomic E-state index is 0.0132. The fraction of sp³-hybridized carbons (Fsp3) is 0.583. The van der Waals surface area contributed by atoms with Crippen LogP contribution in [0.15, 0.2) is 28.8 Å². The molecule has 1 aromatic heterocycles. The Morgan fingerprint density at radius 3 is 2.45 bits per heavy atom. The van der Waals surface area contributed by atoms with Crippen LogP contribution in [0.25, 0.3) is 11.5 Å². The molecule has 0 aliphatic carbocycles. The lowest BCUT2D eigenvalue weighted by atomic mass is 10.1. The number of benzene rings is 1. The van der Waals surface area contributed by atoms with Crippen molar-refractivity contribution in [2.75, 3.05) is 26.7 Å². The second-order valence-electron chi connectivity index (χ2n) is 9.30. The molecule has 1 fully saturated rings. The van der Waals surface area contributed by atoms with Crippen molar-refractivity contribution >= 4 is 12.0 Å². The van der Waals surface area contributed by atoms with Crippen molar-refractivity contribution in [2.45, 2.75) is 65.3 Å². The number of amides is 2. The van der Waals surface area contributed by atoms with Gasteiger partial charge in [-0.05, 0) is 64.3 Å². The van der Waals surface area contributed by atoms with E-state index >= 15 is 0 Å². The Morgan fingerprint density at radius 1 is 1.18 bits per heavy atom. The van der Waals surface area contributed by atoms with E-state index in [9.17, 15) is 9.59 Å². The highest BCUT2D eigenvalue weighted by molar-refractivity contribution is 5.94. The first-order valence-corrected chi connectivity index (χ1v) is 11.4. The monoisotopic (exact) mass is 458 g/mol. The van der Waals surface area contributed by atoms with Gasteiger partial charge in [0.25, 0.3) is 11.8 Å². The van der Waals surface area contributed by atoms with Gasteiger partial charge in [-0.25, -0.2) is 4.79 Å². The summed E-state index contributed by atoms with van der Waals surface area (Å²) in [6.45, 7) is 9.76. The molecule has 0 spiro atoms. The molecule has 1 aliphatic heterocycles.